The van der Waals surface area contributed by atoms with Gasteiger partial charge in [0, 0.05) is 13.0 Å². The zero-order valence-electron chi connectivity index (χ0n) is 10.6. The summed E-state index contributed by atoms with van der Waals surface area (Å²) in [6.45, 7) is -0.170. The van der Waals surface area contributed by atoms with Crippen LogP contribution < -0.4 is 0 Å². The van der Waals surface area contributed by atoms with Gasteiger partial charge >= 0.3 is 0 Å². The van der Waals surface area contributed by atoms with Crippen molar-refractivity contribution >= 4 is 17.6 Å². The summed E-state index contributed by atoms with van der Waals surface area (Å²) >= 11 is 0. The predicted molar refractivity (Wildman–Crippen MR) is 65.8 cm³/mol. The van der Waals surface area contributed by atoms with Crippen LogP contribution in [0, 0.1) is 23.7 Å². The van der Waals surface area contributed by atoms with Crippen molar-refractivity contribution in [2.75, 3.05) is 13.2 Å². The van der Waals surface area contributed by atoms with Gasteiger partial charge in [-0.1, -0.05) is 12.2 Å². The van der Waals surface area contributed by atoms with E-state index in [4.69, 9.17) is 5.11 Å². The first kappa shape index (κ1) is 12.5. The maximum atomic E-state index is 12.3. The minimum Gasteiger partial charge on any atom is -0.396 e. The van der Waals surface area contributed by atoms with E-state index in [0.29, 0.717) is 6.42 Å². The monoisotopic (exact) mass is 263 g/mol. The minimum atomic E-state index is -0.229. The number of likely N-dealkylation sites (tertiary alicyclic amines) is 1. The molecule has 0 aromatic rings. The summed E-state index contributed by atoms with van der Waals surface area (Å²) in [5.41, 5.74) is 0. The standard InChI is InChI=1S/C14H17NO4/c16-5-1-2-10(17)7-15-13(18)11-8-3-4-9(6-8)12(11)14(15)19/h3-4,8-9,11-12,16H,1-2,5-7H2/t8?,9?,11-,12+. The number of carbonyl (C=O) groups excluding carboxylic acids is 3. The number of rotatable bonds is 5. The number of amides is 2. The molecule has 3 rings (SSSR count). The van der Waals surface area contributed by atoms with Crippen LogP contribution in [0.5, 0.6) is 0 Å². The van der Waals surface area contributed by atoms with E-state index >= 15 is 0 Å². The average molecular weight is 263 g/mol. The van der Waals surface area contributed by atoms with E-state index in [9.17, 15) is 14.4 Å². The second-order valence-corrected chi connectivity index (χ2v) is 5.63. The molecule has 2 bridgehead atoms. The van der Waals surface area contributed by atoms with Crippen molar-refractivity contribution in [3.05, 3.63) is 12.2 Å². The lowest BCUT2D eigenvalue weighted by molar-refractivity contribution is -0.143. The van der Waals surface area contributed by atoms with Gasteiger partial charge in [-0.2, -0.15) is 0 Å². The second kappa shape index (κ2) is 4.56. The first-order valence-corrected chi connectivity index (χ1v) is 6.79. The van der Waals surface area contributed by atoms with Crippen LogP contribution in [-0.2, 0) is 14.4 Å². The Hall–Kier alpha value is -1.49. The number of ketones is 1. The molecule has 0 aromatic heterocycles. The molecule has 2 amide bonds. The molecule has 1 heterocycles. The van der Waals surface area contributed by atoms with Gasteiger partial charge in [0.1, 0.15) is 0 Å². The molecule has 102 valence electrons. The Bertz CT molecular complexity index is 440. The highest BCUT2D eigenvalue weighted by Crippen LogP contribution is 2.52. The van der Waals surface area contributed by atoms with Gasteiger partial charge in [-0.15, -0.1) is 0 Å². The number of aliphatic hydroxyl groups is 1. The third kappa shape index (κ3) is 1.84. The van der Waals surface area contributed by atoms with Crippen molar-refractivity contribution in [2.45, 2.75) is 19.3 Å². The molecule has 1 saturated carbocycles. The highest BCUT2D eigenvalue weighted by molar-refractivity contribution is 6.08. The largest absolute Gasteiger partial charge is 0.396 e. The molecule has 2 aliphatic carbocycles. The fraction of sp³-hybridized carbons (Fsp3) is 0.643. The van der Waals surface area contributed by atoms with Gasteiger partial charge < -0.3 is 5.11 Å². The molecule has 5 heteroatoms. The molecule has 0 radical (unpaired) electrons. The van der Waals surface area contributed by atoms with Crippen molar-refractivity contribution in [1.29, 1.82) is 0 Å². The van der Waals surface area contributed by atoms with Gasteiger partial charge in [0.25, 0.3) is 0 Å². The average Bonchev–Trinajstić information content (AvgIpc) is 3.06. The highest BCUT2D eigenvalue weighted by Gasteiger charge is 2.59. The normalized spacial score (nSPS) is 35.3. The smallest absolute Gasteiger partial charge is 0.234 e. The van der Waals surface area contributed by atoms with Crippen molar-refractivity contribution in [2.24, 2.45) is 23.7 Å². The molecular weight excluding hydrogens is 246 g/mol. The van der Waals surface area contributed by atoms with E-state index in [-0.39, 0.29) is 60.8 Å². The topological polar surface area (TPSA) is 74.7 Å². The number of Topliss-reactive ketones (excluding diaryl/α,β-unsaturated/α-hetero) is 1. The number of nitrogens with zero attached hydrogens (tertiary/aromatic N) is 1. The van der Waals surface area contributed by atoms with Crippen LogP contribution in [0.3, 0.4) is 0 Å². The summed E-state index contributed by atoms with van der Waals surface area (Å²) in [5.74, 6) is -0.598. The van der Waals surface area contributed by atoms with E-state index in [1.807, 2.05) is 12.2 Å². The van der Waals surface area contributed by atoms with Gasteiger partial charge in [-0.05, 0) is 24.7 Å². The quantitative estimate of drug-likeness (QED) is 0.565. The number of carbonyl (C=O) groups is 3. The molecule has 3 aliphatic rings. The van der Waals surface area contributed by atoms with Crippen LogP contribution in [0.2, 0.25) is 0 Å². The minimum absolute atomic E-state index is 0.0487. The third-order valence-electron chi connectivity index (χ3n) is 4.51. The van der Waals surface area contributed by atoms with Gasteiger partial charge in [-0.25, -0.2) is 0 Å². The fourth-order valence-electron chi connectivity index (χ4n) is 3.65. The maximum absolute atomic E-state index is 12.3. The van der Waals surface area contributed by atoms with E-state index in [1.54, 1.807) is 0 Å². The van der Waals surface area contributed by atoms with E-state index in [2.05, 4.69) is 0 Å². The van der Waals surface area contributed by atoms with E-state index in [1.165, 1.54) is 0 Å². The first-order chi connectivity index (χ1) is 9.13. The first-order valence-electron chi connectivity index (χ1n) is 6.79. The number of aliphatic hydroxyl groups excluding tert-OH is 1. The van der Waals surface area contributed by atoms with Crippen molar-refractivity contribution < 1.29 is 19.5 Å². The van der Waals surface area contributed by atoms with Crippen LogP contribution in [0.4, 0.5) is 0 Å². The molecular formula is C14H17NO4. The molecule has 0 aromatic carbocycles. The number of hydrogen-bond acceptors (Lipinski definition) is 4. The summed E-state index contributed by atoms with van der Waals surface area (Å²) in [6.07, 6.45) is 5.57. The van der Waals surface area contributed by atoms with E-state index < -0.39 is 0 Å². The maximum Gasteiger partial charge on any atom is 0.234 e. The van der Waals surface area contributed by atoms with E-state index in [0.717, 1.165) is 11.3 Å². The highest BCUT2D eigenvalue weighted by atomic mass is 16.3. The number of fused-ring (bicyclic) bond motifs is 5. The number of allylic oxidation sites excluding steroid dienone is 2. The summed E-state index contributed by atoms with van der Waals surface area (Å²) in [7, 11) is 0. The molecule has 5 nitrogen and oxygen atoms in total. The molecule has 2 unspecified atom stereocenters. The SMILES string of the molecule is O=C(CCCO)CN1C(=O)[C@@H]2C3C=CC(C3)[C@@H]2C1=O. The summed E-state index contributed by atoms with van der Waals surface area (Å²) in [4.78, 5) is 37.3. The lowest BCUT2D eigenvalue weighted by Gasteiger charge is -2.16. The number of hydrogen-bond donors (Lipinski definition) is 1. The number of imide groups is 1. The molecule has 1 aliphatic heterocycles. The van der Waals surface area contributed by atoms with Crippen molar-refractivity contribution in [3.8, 4) is 0 Å². The Morgan fingerprint density at radius 1 is 1.21 bits per heavy atom. The predicted octanol–water partition coefficient (Wildman–Crippen LogP) is 0.135. The third-order valence-corrected chi connectivity index (χ3v) is 4.51. The van der Waals surface area contributed by atoms with Gasteiger partial charge in [0.2, 0.25) is 11.8 Å². The summed E-state index contributed by atoms with van der Waals surface area (Å²) in [6, 6.07) is 0. The summed E-state index contributed by atoms with van der Waals surface area (Å²) < 4.78 is 0. The molecule has 0 spiro atoms. The molecule has 1 saturated heterocycles. The Morgan fingerprint density at radius 2 is 1.79 bits per heavy atom. The Morgan fingerprint density at radius 3 is 2.32 bits per heavy atom. The van der Waals surface area contributed by atoms with Crippen LogP contribution in [0.15, 0.2) is 12.2 Å². The van der Waals surface area contributed by atoms with Gasteiger partial charge in [0.05, 0.1) is 18.4 Å². The molecule has 1 N–H and O–H groups in total. The summed E-state index contributed by atoms with van der Waals surface area (Å²) in [5, 5.41) is 8.68. The zero-order valence-corrected chi connectivity index (χ0v) is 10.6. The Kier molecular flexibility index (Phi) is 3.01. The van der Waals surface area contributed by atoms with Crippen molar-refractivity contribution in [3.63, 3.8) is 0 Å². The lowest BCUT2D eigenvalue weighted by Crippen LogP contribution is -2.37. The van der Waals surface area contributed by atoms with Crippen LogP contribution in [0.25, 0.3) is 0 Å². The van der Waals surface area contributed by atoms with Crippen LogP contribution >= 0.6 is 0 Å². The molecule has 2 fully saturated rings. The lowest BCUT2D eigenvalue weighted by atomic mass is 9.85. The van der Waals surface area contributed by atoms with Gasteiger partial charge in [0.15, 0.2) is 5.78 Å². The molecule has 4 atom stereocenters. The molecule has 19 heavy (non-hydrogen) atoms. The Labute approximate surface area is 111 Å². The van der Waals surface area contributed by atoms with Crippen LogP contribution in [-0.4, -0.2) is 40.8 Å². The van der Waals surface area contributed by atoms with Crippen molar-refractivity contribution in [1.82, 2.24) is 4.90 Å². The Balaban J connectivity index is 1.70. The van der Waals surface area contributed by atoms with Crippen LogP contribution in [0.1, 0.15) is 19.3 Å². The second-order valence-electron chi connectivity index (χ2n) is 5.63. The zero-order chi connectivity index (χ0) is 13.6. The van der Waals surface area contributed by atoms with Gasteiger partial charge in [-0.3, -0.25) is 19.3 Å². The fourth-order valence-corrected chi connectivity index (χ4v) is 3.65.